The number of hydrogen-bond donors (Lipinski definition) is 1. The van der Waals surface area contributed by atoms with E-state index in [1.807, 2.05) is 0 Å². The number of furan rings is 1. The quantitative estimate of drug-likeness (QED) is 0.781. The predicted molar refractivity (Wildman–Crippen MR) is 91.5 cm³/mol. The van der Waals surface area contributed by atoms with E-state index in [1.54, 1.807) is 41.6 Å². The minimum absolute atomic E-state index is 0.0479. The molecule has 0 bridgehead atoms. The number of carbonyl (C=O) groups excluding carboxylic acids is 2. The molecule has 0 fully saturated rings. The Hall–Kier alpha value is -3.00. The van der Waals surface area contributed by atoms with Crippen LogP contribution in [0.1, 0.15) is 31.5 Å². The summed E-state index contributed by atoms with van der Waals surface area (Å²) < 4.78 is 5.07. The smallest absolute Gasteiger partial charge is 0.293 e. The molecule has 2 amide bonds. The number of aromatic nitrogens is 2. The van der Waals surface area contributed by atoms with Gasteiger partial charge in [0.25, 0.3) is 11.8 Å². The van der Waals surface area contributed by atoms with Gasteiger partial charge in [0, 0.05) is 30.2 Å². The molecule has 0 spiro atoms. The number of nitrogens with zero attached hydrogens (tertiary/aromatic N) is 3. The number of fused-ring (bicyclic) bond motifs is 1. The van der Waals surface area contributed by atoms with E-state index in [9.17, 15) is 9.59 Å². The molecular weight excluding hydrogens is 340 g/mol. The second kappa shape index (κ2) is 6.48. The second-order valence-electron chi connectivity index (χ2n) is 5.54. The molecule has 8 heteroatoms. The van der Waals surface area contributed by atoms with Crippen LogP contribution in [-0.4, -0.2) is 33.2 Å². The molecule has 0 atom stereocenters. The van der Waals surface area contributed by atoms with E-state index >= 15 is 0 Å². The van der Waals surface area contributed by atoms with Gasteiger partial charge in [0.05, 0.1) is 24.1 Å². The summed E-state index contributed by atoms with van der Waals surface area (Å²) in [6.45, 7) is 1.08. The Morgan fingerprint density at radius 3 is 2.96 bits per heavy atom. The molecule has 1 aliphatic heterocycles. The van der Waals surface area contributed by atoms with E-state index in [1.165, 1.54) is 17.6 Å². The number of thiazole rings is 1. The van der Waals surface area contributed by atoms with Gasteiger partial charge in [0.1, 0.15) is 0 Å². The van der Waals surface area contributed by atoms with Crippen LogP contribution in [0.25, 0.3) is 0 Å². The molecule has 7 nitrogen and oxygen atoms in total. The van der Waals surface area contributed by atoms with Gasteiger partial charge in [0.15, 0.2) is 10.9 Å². The molecule has 0 saturated carbocycles. The van der Waals surface area contributed by atoms with Crippen molar-refractivity contribution in [1.82, 2.24) is 14.9 Å². The lowest BCUT2D eigenvalue weighted by atomic mass is 10.1. The number of carbonyl (C=O) groups is 2. The van der Waals surface area contributed by atoms with Crippen molar-refractivity contribution in [3.63, 3.8) is 0 Å². The van der Waals surface area contributed by atoms with Crippen LogP contribution in [0.4, 0.5) is 5.13 Å². The lowest BCUT2D eigenvalue weighted by Crippen LogP contribution is -2.35. The molecule has 0 saturated heterocycles. The minimum atomic E-state index is -0.334. The molecule has 3 aromatic heterocycles. The molecule has 4 rings (SSSR count). The lowest BCUT2D eigenvalue weighted by molar-refractivity contribution is 0.0735. The summed E-state index contributed by atoms with van der Waals surface area (Å²) in [5.74, 6) is -0.144. The topological polar surface area (TPSA) is 88.3 Å². The molecule has 3 aromatic rings. The highest BCUT2D eigenvalue weighted by Crippen LogP contribution is 2.29. The van der Waals surface area contributed by atoms with Crippen LogP contribution in [0.2, 0.25) is 0 Å². The summed E-state index contributed by atoms with van der Waals surface area (Å²) in [6.07, 6.45) is 5.32. The van der Waals surface area contributed by atoms with Crippen molar-refractivity contribution in [2.24, 2.45) is 0 Å². The van der Waals surface area contributed by atoms with Crippen LogP contribution in [0.5, 0.6) is 0 Å². The molecule has 126 valence electrons. The maximum absolute atomic E-state index is 12.5. The van der Waals surface area contributed by atoms with Gasteiger partial charge in [-0.2, -0.15) is 0 Å². The van der Waals surface area contributed by atoms with Crippen molar-refractivity contribution in [3.8, 4) is 0 Å². The van der Waals surface area contributed by atoms with E-state index in [0.717, 1.165) is 10.6 Å². The van der Waals surface area contributed by atoms with Crippen LogP contribution >= 0.6 is 11.3 Å². The summed E-state index contributed by atoms with van der Waals surface area (Å²) in [7, 11) is 0. The number of pyridine rings is 1. The number of nitrogens with one attached hydrogen (secondary N) is 1. The first-order chi connectivity index (χ1) is 12.2. The third-order valence-corrected chi connectivity index (χ3v) is 4.89. The maximum Gasteiger partial charge on any atom is 0.293 e. The molecular formula is C17H14N4O3S. The van der Waals surface area contributed by atoms with E-state index < -0.39 is 0 Å². The molecule has 4 heterocycles. The summed E-state index contributed by atoms with van der Waals surface area (Å²) in [4.78, 5) is 35.8. The van der Waals surface area contributed by atoms with Gasteiger partial charge < -0.3 is 9.32 Å². The average molecular weight is 354 g/mol. The Labute approximate surface area is 147 Å². The van der Waals surface area contributed by atoms with E-state index in [4.69, 9.17) is 4.42 Å². The minimum Gasteiger partial charge on any atom is -0.459 e. The van der Waals surface area contributed by atoms with E-state index in [2.05, 4.69) is 15.3 Å². The van der Waals surface area contributed by atoms with Crippen molar-refractivity contribution < 1.29 is 14.0 Å². The normalized spacial score (nSPS) is 13.4. The maximum atomic E-state index is 12.5. The molecule has 25 heavy (non-hydrogen) atoms. The molecule has 1 aliphatic rings. The zero-order valence-corrected chi connectivity index (χ0v) is 14.0. The molecule has 0 unspecified atom stereocenters. The highest BCUT2D eigenvalue weighted by molar-refractivity contribution is 7.15. The zero-order valence-electron chi connectivity index (χ0n) is 13.1. The van der Waals surface area contributed by atoms with Crippen molar-refractivity contribution in [2.45, 2.75) is 13.0 Å². The summed E-state index contributed by atoms with van der Waals surface area (Å²) in [6, 6.07) is 6.75. The number of anilines is 1. The fourth-order valence-corrected chi connectivity index (χ4v) is 3.68. The largest absolute Gasteiger partial charge is 0.459 e. The number of hydrogen-bond acceptors (Lipinski definition) is 6. The van der Waals surface area contributed by atoms with Gasteiger partial charge in [-0.25, -0.2) is 4.98 Å². The lowest BCUT2D eigenvalue weighted by Gasteiger charge is -2.25. The van der Waals surface area contributed by atoms with Crippen LogP contribution in [0.3, 0.4) is 0 Å². The van der Waals surface area contributed by atoms with Crippen molar-refractivity contribution >= 4 is 28.3 Å². The summed E-state index contributed by atoms with van der Waals surface area (Å²) >= 11 is 1.38. The van der Waals surface area contributed by atoms with Crippen LogP contribution in [-0.2, 0) is 13.0 Å². The fourth-order valence-electron chi connectivity index (χ4n) is 2.66. The predicted octanol–water partition coefficient (Wildman–Crippen LogP) is 2.58. The first kappa shape index (κ1) is 15.5. The Morgan fingerprint density at radius 2 is 2.20 bits per heavy atom. The van der Waals surface area contributed by atoms with E-state index in [-0.39, 0.29) is 17.6 Å². The van der Waals surface area contributed by atoms with Gasteiger partial charge in [-0.15, -0.1) is 0 Å². The third-order valence-electron chi connectivity index (χ3n) is 3.89. The van der Waals surface area contributed by atoms with Gasteiger partial charge in [-0.05, 0) is 24.3 Å². The van der Waals surface area contributed by atoms with Gasteiger partial charge in [-0.1, -0.05) is 11.3 Å². The SMILES string of the molecule is O=C(Nc1nc2c(s1)CN(C(=O)c1cccnc1)CC2)c1ccco1. The standard InChI is InChI=1S/C17H14N4O3S/c22-15(13-4-2-8-24-13)20-17-19-12-5-7-21(10-14(12)25-17)16(23)11-3-1-6-18-9-11/h1-4,6,8-9H,5,7,10H2,(H,19,20,22). The summed E-state index contributed by atoms with van der Waals surface area (Å²) in [5, 5.41) is 3.25. The van der Waals surface area contributed by atoms with Crippen molar-refractivity contribution in [3.05, 3.63) is 64.8 Å². The van der Waals surface area contributed by atoms with Crippen molar-refractivity contribution in [2.75, 3.05) is 11.9 Å². The van der Waals surface area contributed by atoms with Crippen molar-refractivity contribution in [1.29, 1.82) is 0 Å². The Morgan fingerprint density at radius 1 is 1.28 bits per heavy atom. The van der Waals surface area contributed by atoms with Crippen LogP contribution < -0.4 is 5.32 Å². The molecule has 0 aliphatic carbocycles. The van der Waals surface area contributed by atoms with Gasteiger partial charge >= 0.3 is 0 Å². The molecule has 0 radical (unpaired) electrons. The first-order valence-corrected chi connectivity index (χ1v) is 8.55. The average Bonchev–Trinajstić information content (AvgIpc) is 3.30. The Kier molecular flexibility index (Phi) is 4.02. The first-order valence-electron chi connectivity index (χ1n) is 7.73. The second-order valence-corrected chi connectivity index (χ2v) is 6.62. The van der Waals surface area contributed by atoms with Crippen LogP contribution in [0, 0.1) is 0 Å². The number of amides is 2. The Bertz CT molecular complexity index is 905. The fraction of sp³-hybridized carbons (Fsp3) is 0.176. The molecule has 1 N–H and O–H groups in total. The highest BCUT2D eigenvalue weighted by atomic mass is 32.1. The van der Waals surface area contributed by atoms with Crippen LogP contribution in [0.15, 0.2) is 47.3 Å². The monoisotopic (exact) mass is 354 g/mol. The van der Waals surface area contributed by atoms with Gasteiger partial charge in [-0.3, -0.25) is 19.9 Å². The number of rotatable bonds is 3. The zero-order chi connectivity index (χ0) is 17.2. The Balaban J connectivity index is 1.48. The van der Waals surface area contributed by atoms with E-state index in [0.29, 0.717) is 30.2 Å². The summed E-state index contributed by atoms with van der Waals surface area (Å²) in [5.41, 5.74) is 1.50. The van der Waals surface area contributed by atoms with Gasteiger partial charge in [0.2, 0.25) is 0 Å². The third kappa shape index (κ3) is 3.16. The molecule has 0 aromatic carbocycles. The highest BCUT2D eigenvalue weighted by Gasteiger charge is 2.25.